The summed E-state index contributed by atoms with van der Waals surface area (Å²) in [5.74, 6) is -0.250. The number of nitrogens with one attached hydrogen (secondary N) is 4. The van der Waals surface area contributed by atoms with E-state index in [0.29, 0.717) is 29.2 Å². The molecule has 2 fully saturated rings. The third-order valence-electron chi connectivity index (χ3n) is 5.91. The van der Waals surface area contributed by atoms with Crippen molar-refractivity contribution in [3.63, 3.8) is 0 Å². The van der Waals surface area contributed by atoms with Crippen molar-refractivity contribution in [2.75, 3.05) is 35.6 Å². The molecule has 4 N–H and O–H groups in total. The third kappa shape index (κ3) is 6.32. The van der Waals surface area contributed by atoms with E-state index in [2.05, 4.69) is 21.3 Å². The quantitative estimate of drug-likeness (QED) is 0.469. The zero-order valence-electron chi connectivity index (χ0n) is 18.8. The summed E-state index contributed by atoms with van der Waals surface area (Å²) in [6, 6.07) is 12.5. The molecule has 33 heavy (non-hydrogen) atoms. The van der Waals surface area contributed by atoms with Crippen LogP contribution in [0.15, 0.2) is 42.5 Å². The lowest BCUT2D eigenvalue weighted by Gasteiger charge is -2.14. The van der Waals surface area contributed by atoms with Crippen LogP contribution in [0.2, 0.25) is 0 Å². The summed E-state index contributed by atoms with van der Waals surface area (Å²) in [6.45, 7) is 3.16. The summed E-state index contributed by atoms with van der Waals surface area (Å²) < 4.78 is 5.53. The van der Waals surface area contributed by atoms with Gasteiger partial charge in [0.15, 0.2) is 0 Å². The highest BCUT2D eigenvalue weighted by Gasteiger charge is 2.29. The molecule has 1 aliphatic heterocycles. The van der Waals surface area contributed by atoms with E-state index in [-0.39, 0.29) is 36.3 Å². The summed E-state index contributed by atoms with van der Waals surface area (Å²) >= 11 is 0. The van der Waals surface area contributed by atoms with Gasteiger partial charge in [-0.05, 0) is 68.5 Å². The van der Waals surface area contributed by atoms with Gasteiger partial charge in [-0.15, -0.1) is 0 Å². The average molecular weight is 451 g/mol. The van der Waals surface area contributed by atoms with Crippen molar-refractivity contribution in [2.24, 2.45) is 5.92 Å². The Morgan fingerprint density at radius 1 is 1.00 bits per heavy atom. The van der Waals surface area contributed by atoms with Crippen LogP contribution in [-0.4, -0.2) is 43.5 Å². The van der Waals surface area contributed by atoms with Gasteiger partial charge in [0.05, 0.1) is 12.6 Å². The van der Waals surface area contributed by atoms with Crippen LogP contribution in [0.1, 0.15) is 41.6 Å². The zero-order chi connectivity index (χ0) is 23.2. The molecule has 8 heteroatoms. The molecule has 1 saturated heterocycles. The van der Waals surface area contributed by atoms with Crippen molar-refractivity contribution in [3.05, 3.63) is 53.6 Å². The molecule has 0 aromatic heterocycles. The van der Waals surface area contributed by atoms with Gasteiger partial charge in [-0.2, -0.15) is 0 Å². The normalized spacial score (nSPS) is 17.3. The Morgan fingerprint density at radius 2 is 1.76 bits per heavy atom. The van der Waals surface area contributed by atoms with Gasteiger partial charge in [0.25, 0.3) is 5.91 Å². The number of hydrogen-bond acceptors (Lipinski definition) is 5. The van der Waals surface area contributed by atoms with E-state index in [1.54, 1.807) is 30.3 Å². The fourth-order valence-electron chi connectivity index (χ4n) is 3.75. The van der Waals surface area contributed by atoms with E-state index in [1.807, 2.05) is 19.1 Å². The van der Waals surface area contributed by atoms with Gasteiger partial charge in [0.2, 0.25) is 11.8 Å². The van der Waals surface area contributed by atoms with Crippen LogP contribution in [0, 0.1) is 12.8 Å². The second kappa shape index (κ2) is 10.5. The van der Waals surface area contributed by atoms with Gasteiger partial charge in [-0.25, -0.2) is 0 Å². The molecule has 4 rings (SSSR count). The molecular formula is C25H30N4O4. The Kier molecular flexibility index (Phi) is 7.24. The minimum atomic E-state index is -0.225. The Labute approximate surface area is 193 Å². The van der Waals surface area contributed by atoms with Gasteiger partial charge in [0, 0.05) is 41.7 Å². The number of anilines is 3. The fraction of sp³-hybridized carbons (Fsp3) is 0.400. The first kappa shape index (κ1) is 22.8. The fourth-order valence-corrected chi connectivity index (χ4v) is 3.75. The lowest BCUT2D eigenvalue weighted by Crippen LogP contribution is -2.31. The van der Waals surface area contributed by atoms with Gasteiger partial charge in [0.1, 0.15) is 0 Å². The second-order valence-corrected chi connectivity index (χ2v) is 8.57. The standard InChI is InChI=1S/C25H30N4O4/c1-16-21(8-3-9-22(16)29-25(32)17-10-11-17)28-23(30)15-26-19-6-2-5-18(13-19)24(31)27-14-20-7-4-12-33-20/h2-3,5-6,8-9,13,17,20,26H,4,7,10-12,14-15H2,1H3,(H,27,31)(H,28,30)(H,29,32). The number of carbonyl (C=O) groups is 3. The monoisotopic (exact) mass is 450 g/mol. The van der Waals surface area contributed by atoms with E-state index in [0.717, 1.165) is 37.9 Å². The second-order valence-electron chi connectivity index (χ2n) is 8.57. The number of ether oxygens (including phenoxy) is 1. The van der Waals surface area contributed by atoms with Crippen LogP contribution in [0.25, 0.3) is 0 Å². The topological polar surface area (TPSA) is 109 Å². The van der Waals surface area contributed by atoms with Gasteiger partial charge in [-0.3, -0.25) is 14.4 Å². The van der Waals surface area contributed by atoms with E-state index in [1.165, 1.54) is 0 Å². The Bertz CT molecular complexity index is 1030. The summed E-state index contributed by atoms with van der Waals surface area (Å²) in [5.41, 5.74) is 3.37. The molecular weight excluding hydrogens is 420 g/mol. The van der Waals surface area contributed by atoms with Crippen LogP contribution in [-0.2, 0) is 14.3 Å². The summed E-state index contributed by atoms with van der Waals surface area (Å²) in [6.07, 6.45) is 3.95. The highest BCUT2D eigenvalue weighted by molar-refractivity contribution is 5.99. The van der Waals surface area contributed by atoms with Crippen LogP contribution < -0.4 is 21.3 Å². The van der Waals surface area contributed by atoms with Crippen molar-refractivity contribution >= 4 is 34.8 Å². The number of carbonyl (C=O) groups excluding carboxylic acids is 3. The molecule has 2 aromatic rings. The molecule has 0 spiro atoms. The molecule has 1 unspecified atom stereocenters. The van der Waals surface area contributed by atoms with Crippen LogP contribution in [0.4, 0.5) is 17.1 Å². The molecule has 0 radical (unpaired) electrons. The maximum absolute atomic E-state index is 12.5. The SMILES string of the molecule is Cc1c(NC(=O)CNc2cccc(C(=O)NCC3CCCO3)c2)cccc1NC(=O)C1CC1. The van der Waals surface area contributed by atoms with Crippen molar-refractivity contribution < 1.29 is 19.1 Å². The predicted octanol–water partition coefficient (Wildman–Crippen LogP) is 3.30. The Balaban J connectivity index is 1.28. The van der Waals surface area contributed by atoms with E-state index in [4.69, 9.17) is 4.74 Å². The maximum Gasteiger partial charge on any atom is 0.251 e. The van der Waals surface area contributed by atoms with Crippen molar-refractivity contribution in [1.82, 2.24) is 5.32 Å². The molecule has 1 heterocycles. The highest BCUT2D eigenvalue weighted by Crippen LogP contribution is 2.31. The maximum atomic E-state index is 12.5. The van der Waals surface area contributed by atoms with Crippen molar-refractivity contribution in [2.45, 2.75) is 38.7 Å². The summed E-state index contributed by atoms with van der Waals surface area (Å²) in [7, 11) is 0. The molecule has 8 nitrogen and oxygen atoms in total. The Morgan fingerprint density at radius 3 is 2.48 bits per heavy atom. The molecule has 2 aliphatic rings. The number of amides is 3. The van der Waals surface area contributed by atoms with Crippen molar-refractivity contribution in [3.8, 4) is 0 Å². The van der Waals surface area contributed by atoms with E-state index < -0.39 is 0 Å². The smallest absolute Gasteiger partial charge is 0.251 e. The van der Waals surface area contributed by atoms with Crippen LogP contribution >= 0.6 is 0 Å². The lowest BCUT2D eigenvalue weighted by atomic mass is 10.1. The first-order valence-corrected chi connectivity index (χ1v) is 11.4. The minimum Gasteiger partial charge on any atom is -0.376 e. The lowest BCUT2D eigenvalue weighted by molar-refractivity contribution is -0.117. The first-order valence-electron chi connectivity index (χ1n) is 11.4. The molecule has 1 saturated carbocycles. The molecule has 2 aromatic carbocycles. The average Bonchev–Trinajstić information content (AvgIpc) is 3.55. The zero-order valence-corrected chi connectivity index (χ0v) is 18.8. The summed E-state index contributed by atoms with van der Waals surface area (Å²) in [5, 5.41) is 11.8. The van der Waals surface area contributed by atoms with Crippen LogP contribution in [0.5, 0.6) is 0 Å². The molecule has 1 aliphatic carbocycles. The highest BCUT2D eigenvalue weighted by atomic mass is 16.5. The molecule has 3 amide bonds. The largest absolute Gasteiger partial charge is 0.376 e. The summed E-state index contributed by atoms with van der Waals surface area (Å²) in [4.78, 5) is 37.0. The third-order valence-corrected chi connectivity index (χ3v) is 5.91. The number of rotatable bonds is 9. The minimum absolute atomic E-state index is 0.0305. The van der Waals surface area contributed by atoms with E-state index in [9.17, 15) is 14.4 Å². The molecule has 174 valence electrons. The van der Waals surface area contributed by atoms with Gasteiger partial charge in [-0.1, -0.05) is 12.1 Å². The molecule has 1 atom stereocenters. The number of benzene rings is 2. The van der Waals surface area contributed by atoms with E-state index >= 15 is 0 Å². The molecule has 0 bridgehead atoms. The predicted molar refractivity (Wildman–Crippen MR) is 127 cm³/mol. The van der Waals surface area contributed by atoms with Gasteiger partial charge < -0.3 is 26.0 Å². The van der Waals surface area contributed by atoms with Crippen molar-refractivity contribution in [1.29, 1.82) is 0 Å². The first-order chi connectivity index (χ1) is 16.0. The Hall–Kier alpha value is -3.39. The van der Waals surface area contributed by atoms with Gasteiger partial charge >= 0.3 is 0 Å². The van der Waals surface area contributed by atoms with Crippen LogP contribution in [0.3, 0.4) is 0 Å². The number of hydrogen-bond donors (Lipinski definition) is 4.